The second kappa shape index (κ2) is 6.68. The average Bonchev–Trinajstić information content (AvgIpc) is 3.16. The molecule has 2 aromatic heterocycles. The molecule has 2 aromatic carbocycles. The fraction of sp³-hybridized carbons (Fsp3) is 0. The number of halogens is 2. The Morgan fingerprint density at radius 1 is 1.15 bits per heavy atom. The monoisotopic (exact) mass is 411 g/mol. The molecule has 0 unspecified atom stereocenters. The van der Waals surface area contributed by atoms with Gasteiger partial charge in [0, 0.05) is 4.47 Å². The van der Waals surface area contributed by atoms with Crippen molar-refractivity contribution < 1.29 is 8.81 Å². The first-order valence-corrected chi connectivity index (χ1v) is 8.47. The zero-order valence-corrected chi connectivity index (χ0v) is 14.9. The summed E-state index contributed by atoms with van der Waals surface area (Å²) in [6, 6.07) is 14.6. The van der Waals surface area contributed by atoms with Gasteiger partial charge in [-0.25, -0.2) is 9.37 Å². The molecular formula is C19H11BrFN3O2. The predicted octanol–water partition coefficient (Wildman–Crippen LogP) is 4.44. The molecule has 0 amide bonds. The van der Waals surface area contributed by atoms with Crippen molar-refractivity contribution in [1.29, 1.82) is 0 Å². The van der Waals surface area contributed by atoms with Crippen LogP contribution in [0.4, 0.5) is 4.39 Å². The second-order valence-electron chi connectivity index (χ2n) is 5.49. The lowest BCUT2D eigenvalue weighted by molar-refractivity contribution is 0.571. The molecule has 26 heavy (non-hydrogen) atoms. The fourth-order valence-electron chi connectivity index (χ4n) is 2.53. The molecule has 0 spiro atoms. The van der Waals surface area contributed by atoms with Gasteiger partial charge in [0.05, 0.1) is 23.4 Å². The van der Waals surface area contributed by atoms with Crippen molar-refractivity contribution in [3.63, 3.8) is 0 Å². The number of furan rings is 1. The number of hydrogen-bond acceptors (Lipinski definition) is 4. The van der Waals surface area contributed by atoms with Crippen LogP contribution in [-0.2, 0) is 0 Å². The van der Waals surface area contributed by atoms with Crippen LogP contribution in [0.15, 0.2) is 79.6 Å². The minimum atomic E-state index is -0.381. The third-order valence-electron chi connectivity index (χ3n) is 3.72. The number of hydrogen-bond donors (Lipinski definition) is 0. The van der Waals surface area contributed by atoms with Crippen LogP contribution in [0.1, 0.15) is 5.56 Å². The number of fused-ring (bicyclic) bond motifs is 1. The van der Waals surface area contributed by atoms with Crippen LogP contribution in [0.5, 0.6) is 0 Å². The molecule has 4 aromatic rings. The molecule has 0 fully saturated rings. The smallest absolute Gasteiger partial charge is 0.282 e. The summed E-state index contributed by atoms with van der Waals surface area (Å²) in [4.78, 5) is 17.5. The Labute approximate surface area is 155 Å². The normalized spacial score (nSPS) is 11.5. The van der Waals surface area contributed by atoms with E-state index in [4.69, 9.17) is 4.42 Å². The molecule has 128 valence electrons. The van der Waals surface area contributed by atoms with Crippen LogP contribution in [-0.4, -0.2) is 15.9 Å². The van der Waals surface area contributed by atoms with Crippen LogP contribution in [0.2, 0.25) is 0 Å². The first-order valence-electron chi connectivity index (χ1n) is 7.68. The maximum absolute atomic E-state index is 13.4. The van der Waals surface area contributed by atoms with Gasteiger partial charge in [-0.2, -0.15) is 9.78 Å². The summed E-state index contributed by atoms with van der Waals surface area (Å²) >= 11 is 3.36. The van der Waals surface area contributed by atoms with Crippen molar-refractivity contribution >= 4 is 33.0 Å². The molecule has 7 heteroatoms. The highest BCUT2D eigenvalue weighted by Gasteiger charge is 2.14. The van der Waals surface area contributed by atoms with Crippen molar-refractivity contribution in [2.45, 2.75) is 0 Å². The summed E-state index contributed by atoms with van der Waals surface area (Å²) in [5.74, 6) is 0.291. The van der Waals surface area contributed by atoms with E-state index < -0.39 is 0 Å². The first-order chi connectivity index (χ1) is 12.6. The Hall–Kier alpha value is -3.06. The van der Waals surface area contributed by atoms with Crippen LogP contribution < -0.4 is 5.56 Å². The van der Waals surface area contributed by atoms with Gasteiger partial charge in [0.15, 0.2) is 5.76 Å². The molecule has 5 nitrogen and oxygen atoms in total. The zero-order valence-electron chi connectivity index (χ0n) is 13.3. The van der Waals surface area contributed by atoms with Crippen LogP contribution in [0.25, 0.3) is 22.5 Å². The third-order valence-corrected chi connectivity index (χ3v) is 4.21. The molecule has 0 N–H and O–H groups in total. The Morgan fingerprint density at radius 2 is 2.04 bits per heavy atom. The van der Waals surface area contributed by atoms with E-state index >= 15 is 0 Å². The SMILES string of the molecule is O=c1c2cc(Br)ccc2nc(-c2ccco2)n1N=Cc1cccc(F)c1. The first kappa shape index (κ1) is 16.4. The van der Waals surface area contributed by atoms with E-state index in [1.54, 1.807) is 42.5 Å². The lowest BCUT2D eigenvalue weighted by Gasteiger charge is -2.07. The lowest BCUT2D eigenvalue weighted by Crippen LogP contribution is -2.20. The van der Waals surface area contributed by atoms with Gasteiger partial charge in [0.2, 0.25) is 5.82 Å². The van der Waals surface area contributed by atoms with E-state index in [1.165, 1.54) is 24.6 Å². The molecule has 0 saturated heterocycles. The molecule has 0 aliphatic carbocycles. The Bertz CT molecular complexity index is 1180. The highest BCUT2D eigenvalue weighted by Crippen LogP contribution is 2.21. The molecule has 0 aliphatic rings. The van der Waals surface area contributed by atoms with Crippen LogP contribution in [0.3, 0.4) is 0 Å². The zero-order chi connectivity index (χ0) is 18.1. The van der Waals surface area contributed by atoms with Gasteiger partial charge in [0.25, 0.3) is 5.56 Å². The minimum Gasteiger partial charge on any atom is -0.461 e. The molecule has 2 heterocycles. The van der Waals surface area contributed by atoms with Gasteiger partial charge in [-0.3, -0.25) is 4.79 Å². The largest absolute Gasteiger partial charge is 0.461 e. The van der Waals surface area contributed by atoms with E-state index in [1.807, 2.05) is 0 Å². The van der Waals surface area contributed by atoms with Crippen molar-refractivity contribution in [3.05, 3.63) is 87.1 Å². The van der Waals surface area contributed by atoms with Crippen LogP contribution in [0, 0.1) is 5.82 Å². The summed E-state index contributed by atoms with van der Waals surface area (Å²) in [6.45, 7) is 0. The summed E-state index contributed by atoms with van der Waals surface area (Å²) in [6.07, 6.45) is 2.90. The summed E-state index contributed by atoms with van der Waals surface area (Å²) < 4.78 is 20.7. The Kier molecular flexibility index (Phi) is 4.22. The van der Waals surface area contributed by atoms with E-state index in [0.29, 0.717) is 22.2 Å². The van der Waals surface area contributed by atoms with Gasteiger partial charge in [-0.1, -0.05) is 28.1 Å². The summed E-state index contributed by atoms with van der Waals surface area (Å²) in [7, 11) is 0. The molecular weight excluding hydrogens is 401 g/mol. The molecule has 4 rings (SSSR count). The quantitative estimate of drug-likeness (QED) is 0.468. The predicted molar refractivity (Wildman–Crippen MR) is 101 cm³/mol. The van der Waals surface area contributed by atoms with E-state index in [2.05, 4.69) is 26.0 Å². The van der Waals surface area contributed by atoms with E-state index in [-0.39, 0.29) is 17.2 Å². The van der Waals surface area contributed by atoms with Crippen molar-refractivity contribution in [1.82, 2.24) is 9.66 Å². The average molecular weight is 412 g/mol. The van der Waals surface area contributed by atoms with Crippen molar-refractivity contribution in [3.8, 4) is 11.6 Å². The molecule has 0 bridgehead atoms. The number of benzene rings is 2. The van der Waals surface area contributed by atoms with Gasteiger partial charge < -0.3 is 4.42 Å². The molecule has 0 aliphatic heterocycles. The van der Waals surface area contributed by atoms with E-state index in [0.717, 1.165) is 9.15 Å². The van der Waals surface area contributed by atoms with Gasteiger partial charge in [0.1, 0.15) is 5.82 Å². The van der Waals surface area contributed by atoms with Crippen molar-refractivity contribution in [2.24, 2.45) is 5.10 Å². The Balaban J connectivity index is 1.95. The molecule has 0 radical (unpaired) electrons. The number of rotatable bonds is 3. The topological polar surface area (TPSA) is 60.4 Å². The minimum absolute atomic E-state index is 0.266. The highest BCUT2D eigenvalue weighted by atomic mass is 79.9. The highest BCUT2D eigenvalue weighted by molar-refractivity contribution is 9.10. The summed E-state index contributed by atoms with van der Waals surface area (Å²) in [5, 5.41) is 4.64. The summed E-state index contributed by atoms with van der Waals surface area (Å²) in [5.41, 5.74) is 0.703. The van der Waals surface area contributed by atoms with E-state index in [9.17, 15) is 9.18 Å². The third kappa shape index (κ3) is 3.09. The van der Waals surface area contributed by atoms with Gasteiger partial charge >= 0.3 is 0 Å². The lowest BCUT2D eigenvalue weighted by atomic mass is 10.2. The Morgan fingerprint density at radius 3 is 2.81 bits per heavy atom. The number of aromatic nitrogens is 2. The molecule has 0 atom stereocenters. The fourth-order valence-corrected chi connectivity index (χ4v) is 2.89. The van der Waals surface area contributed by atoms with Gasteiger partial charge in [-0.15, -0.1) is 0 Å². The molecule has 0 saturated carbocycles. The maximum atomic E-state index is 13.4. The second-order valence-corrected chi connectivity index (χ2v) is 6.41. The van der Waals surface area contributed by atoms with Crippen molar-refractivity contribution in [2.75, 3.05) is 0 Å². The number of nitrogens with zero attached hydrogens (tertiary/aromatic N) is 3. The standard InChI is InChI=1S/C19H11BrFN3O2/c20-13-6-7-16-15(10-13)19(25)24(18(23-16)17-5-2-8-26-17)22-11-12-3-1-4-14(21)9-12/h1-11H. The maximum Gasteiger partial charge on any atom is 0.282 e. The van der Waals surface area contributed by atoms with Gasteiger partial charge in [-0.05, 0) is 48.0 Å². The van der Waals surface area contributed by atoms with Crippen LogP contribution >= 0.6 is 15.9 Å².